The van der Waals surface area contributed by atoms with Crippen LogP contribution in [0.25, 0.3) is 4.48 Å². The van der Waals surface area contributed by atoms with Crippen LogP contribution in [-0.4, -0.2) is 29.6 Å². The zero-order valence-electron chi connectivity index (χ0n) is 17.4. The molecule has 0 spiro atoms. The van der Waals surface area contributed by atoms with Gasteiger partial charge in [-0.1, -0.05) is 83.9 Å². The molecule has 0 aliphatic heterocycles. The van der Waals surface area contributed by atoms with Gasteiger partial charge in [-0.25, -0.2) is 0 Å². The minimum absolute atomic E-state index is 0.00573. The number of halogens is 3. The van der Waals surface area contributed by atoms with Gasteiger partial charge in [0.05, 0.1) is 17.1 Å². The molecule has 3 aromatic rings. The van der Waals surface area contributed by atoms with Crippen LogP contribution in [0.4, 0.5) is 0 Å². The van der Waals surface area contributed by atoms with Crippen LogP contribution in [0.1, 0.15) is 21.5 Å². The van der Waals surface area contributed by atoms with Crippen molar-refractivity contribution in [2.75, 3.05) is 6.61 Å². The first kappa shape index (κ1) is 25.0. The molecule has 5 nitrogen and oxygen atoms in total. The molecular formula is C25H21BrCl2N2O3. The van der Waals surface area contributed by atoms with E-state index in [1.165, 1.54) is 18.2 Å². The van der Waals surface area contributed by atoms with Gasteiger partial charge >= 0.3 is 0 Å². The Bertz CT molecular complexity index is 1130. The fraction of sp³-hybridized carbons (Fsp3) is 0.120. The van der Waals surface area contributed by atoms with Gasteiger partial charge in [-0.2, -0.15) is 0 Å². The monoisotopic (exact) mass is 546 g/mol. The standard InChI is InChI=1S/C25H21BrCl2N2O3/c26-22(17-9-5-2-6-10-17)23(30-24(32)18-12-19(27)14-20(28)13-18)25(33)29-21(15-31)11-16-7-3-1-4-8-16/h1-10,12-14,21,31H,11,15H2,(H,29,33)(H,30,32)/b23-22-/t21-/m0/s1. The SMILES string of the molecule is O=C(N[C@H](CO)Cc1ccccc1)/C(NC(=O)c1cc(Cl)cc(Cl)c1)=C(/Br)c1ccccc1. The van der Waals surface area contributed by atoms with Crippen LogP contribution in [-0.2, 0) is 11.2 Å². The van der Waals surface area contributed by atoms with Gasteiger partial charge in [-0.05, 0) is 51.7 Å². The van der Waals surface area contributed by atoms with E-state index >= 15 is 0 Å². The Hall–Kier alpha value is -2.64. The highest BCUT2D eigenvalue weighted by Crippen LogP contribution is 2.25. The Morgan fingerprint density at radius 3 is 2.03 bits per heavy atom. The highest BCUT2D eigenvalue weighted by atomic mass is 79.9. The first-order valence-corrected chi connectivity index (χ1v) is 11.6. The molecule has 0 unspecified atom stereocenters. The minimum Gasteiger partial charge on any atom is -0.394 e. The highest BCUT2D eigenvalue weighted by Gasteiger charge is 2.22. The molecule has 0 heterocycles. The Labute approximate surface area is 210 Å². The van der Waals surface area contributed by atoms with E-state index in [0.29, 0.717) is 26.5 Å². The molecule has 3 rings (SSSR count). The average Bonchev–Trinajstić information content (AvgIpc) is 2.82. The topological polar surface area (TPSA) is 78.4 Å². The summed E-state index contributed by atoms with van der Waals surface area (Å²) in [5.41, 5.74) is 1.85. The number of carbonyl (C=O) groups excluding carboxylic acids is 2. The molecule has 170 valence electrons. The van der Waals surface area contributed by atoms with E-state index in [9.17, 15) is 14.7 Å². The first-order chi connectivity index (χ1) is 15.9. The van der Waals surface area contributed by atoms with Crippen molar-refractivity contribution in [3.63, 3.8) is 0 Å². The maximum atomic E-state index is 13.2. The number of carbonyl (C=O) groups is 2. The van der Waals surface area contributed by atoms with Gasteiger partial charge in [0.1, 0.15) is 5.70 Å². The molecule has 0 aromatic heterocycles. The van der Waals surface area contributed by atoms with E-state index in [-0.39, 0.29) is 17.9 Å². The van der Waals surface area contributed by atoms with Crippen molar-refractivity contribution in [1.82, 2.24) is 10.6 Å². The van der Waals surface area contributed by atoms with Gasteiger partial charge < -0.3 is 15.7 Å². The molecule has 0 aliphatic carbocycles. The number of amides is 2. The maximum absolute atomic E-state index is 13.2. The largest absolute Gasteiger partial charge is 0.394 e. The van der Waals surface area contributed by atoms with Crippen LogP contribution in [0.15, 0.2) is 84.6 Å². The summed E-state index contributed by atoms with van der Waals surface area (Å²) in [7, 11) is 0. The summed E-state index contributed by atoms with van der Waals surface area (Å²) in [6, 6.07) is 22.4. The summed E-state index contributed by atoms with van der Waals surface area (Å²) in [5.74, 6) is -1.11. The molecule has 0 saturated carbocycles. The van der Waals surface area contributed by atoms with Crippen molar-refractivity contribution in [2.24, 2.45) is 0 Å². The van der Waals surface area contributed by atoms with E-state index in [1.54, 1.807) is 12.1 Å². The van der Waals surface area contributed by atoms with Gasteiger partial charge in [-0.3, -0.25) is 9.59 Å². The Kier molecular flexibility index (Phi) is 9.09. The summed E-state index contributed by atoms with van der Waals surface area (Å²) in [6.45, 7) is -0.269. The van der Waals surface area contributed by atoms with E-state index in [0.717, 1.165) is 5.56 Å². The predicted octanol–water partition coefficient (Wildman–Crippen LogP) is 5.21. The van der Waals surface area contributed by atoms with Crippen LogP contribution >= 0.6 is 39.1 Å². The van der Waals surface area contributed by atoms with Gasteiger partial charge in [0.15, 0.2) is 0 Å². The number of rotatable bonds is 8. The van der Waals surface area contributed by atoms with Crippen molar-refractivity contribution < 1.29 is 14.7 Å². The average molecular weight is 548 g/mol. The molecule has 1 atom stereocenters. The van der Waals surface area contributed by atoms with Crippen molar-refractivity contribution in [2.45, 2.75) is 12.5 Å². The summed E-state index contributed by atoms with van der Waals surface area (Å²) in [4.78, 5) is 26.2. The Morgan fingerprint density at radius 2 is 1.45 bits per heavy atom. The van der Waals surface area contributed by atoms with Crippen molar-refractivity contribution in [1.29, 1.82) is 0 Å². The van der Waals surface area contributed by atoms with E-state index < -0.39 is 17.9 Å². The zero-order chi connectivity index (χ0) is 23.8. The highest BCUT2D eigenvalue weighted by molar-refractivity contribution is 9.15. The summed E-state index contributed by atoms with van der Waals surface area (Å²) in [5, 5.41) is 15.9. The molecule has 0 saturated heterocycles. The zero-order valence-corrected chi connectivity index (χ0v) is 20.5. The van der Waals surface area contributed by atoms with Gasteiger partial charge in [0, 0.05) is 15.6 Å². The van der Waals surface area contributed by atoms with Gasteiger partial charge in [0.2, 0.25) is 0 Å². The lowest BCUT2D eigenvalue weighted by Gasteiger charge is -2.19. The molecule has 3 N–H and O–H groups in total. The maximum Gasteiger partial charge on any atom is 0.269 e. The molecule has 0 radical (unpaired) electrons. The predicted molar refractivity (Wildman–Crippen MR) is 135 cm³/mol. The summed E-state index contributed by atoms with van der Waals surface area (Å²) >= 11 is 15.5. The van der Waals surface area contributed by atoms with Crippen LogP contribution in [0.5, 0.6) is 0 Å². The smallest absolute Gasteiger partial charge is 0.269 e. The summed E-state index contributed by atoms with van der Waals surface area (Å²) in [6.07, 6.45) is 0.428. The second-order valence-electron chi connectivity index (χ2n) is 7.21. The Balaban J connectivity index is 1.89. The van der Waals surface area contributed by atoms with Crippen molar-refractivity contribution in [3.05, 3.63) is 111 Å². The number of benzene rings is 3. The van der Waals surface area contributed by atoms with Crippen molar-refractivity contribution >= 4 is 55.4 Å². The van der Waals surface area contributed by atoms with Crippen LogP contribution in [0, 0.1) is 0 Å². The lowest BCUT2D eigenvalue weighted by atomic mass is 10.1. The Morgan fingerprint density at radius 1 is 0.879 bits per heavy atom. The lowest BCUT2D eigenvalue weighted by Crippen LogP contribution is -2.43. The molecular weight excluding hydrogens is 527 g/mol. The second kappa shape index (κ2) is 12.0. The molecule has 0 aliphatic rings. The number of hydrogen-bond donors (Lipinski definition) is 3. The molecule has 2 amide bonds. The molecule has 0 fully saturated rings. The number of aliphatic hydroxyl groups is 1. The van der Waals surface area contributed by atoms with Gasteiger partial charge in [-0.15, -0.1) is 0 Å². The van der Waals surface area contributed by atoms with Crippen molar-refractivity contribution in [3.8, 4) is 0 Å². The minimum atomic E-state index is -0.555. The fourth-order valence-corrected chi connectivity index (χ4v) is 4.20. The van der Waals surface area contributed by atoms with E-state index in [2.05, 4.69) is 26.6 Å². The molecule has 3 aromatic carbocycles. The molecule has 8 heteroatoms. The third kappa shape index (κ3) is 7.17. The number of hydrogen-bond acceptors (Lipinski definition) is 3. The number of nitrogens with one attached hydrogen (secondary N) is 2. The number of aliphatic hydroxyl groups excluding tert-OH is 1. The lowest BCUT2D eigenvalue weighted by molar-refractivity contribution is -0.118. The fourth-order valence-electron chi connectivity index (χ4n) is 3.13. The van der Waals surface area contributed by atoms with Crippen LogP contribution in [0.3, 0.4) is 0 Å². The quantitative estimate of drug-likeness (QED) is 0.339. The first-order valence-electron chi connectivity index (χ1n) is 10.1. The van der Waals surface area contributed by atoms with Crippen LogP contribution in [0.2, 0.25) is 10.0 Å². The second-order valence-corrected chi connectivity index (χ2v) is 8.88. The summed E-state index contributed by atoms with van der Waals surface area (Å²) < 4.78 is 0.387. The molecule has 33 heavy (non-hydrogen) atoms. The van der Waals surface area contributed by atoms with Gasteiger partial charge in [0.25, 0.3) is 11.8 Å². The van der Waals surface area contributed by atoms with E-state index in [1.807, 2.05) is 48.5 Å². The van der Waals surface area contributed by atoms with E-state index in [4.69, 9.17) is 23.2 Å². The normalized spacial score (nSPS) is 12.5. The third-order valence-electron chi connectivity index (χ3n) is 4.72. The van der Waals surface area contributed by atoms with Crippen LogP contribution < -0.4 is 10.6 Å². The molecule has 0 bridgehead atoms. The third-order valence-corrected chi connectivity index (χ3v) is 6.01.